The summed E-state index contributed by atoms with van der Waals surface area (Å²) in [5.74, 6) is 0. The van der Waals surface area contributed by atoms with E-state index in [4.69, 9.17) is 0 Å². The lowest BCUT2D eigenvalue weighted by Gasteiger charge is -2.27. The minimum atomic E-state index is -0.0723. The number of nitriles is 1. The first-order valence-electron chi connectivity index (χ1n) is 7.28. The first-order chi connectivity index (χ1) is 10.3. The highest BCUT2D eigenvalue weighted by molar-refractivity contribution is 5.92. The molecule has 0 saturated heterocycles. The molecule has 1 aromatic heterocycles. The maximum atomic E-state index is 9.70. The number of nitrogens with one attached hydrogen (secondary N) is 1. The van der Waals surface area contributed by atoms with E-state index >= 15 is 0 Å². The standard InChI is InChI=1S/C16H18N4O/c17-9-14-15(12-5-1-2-6-13(12)19-20-14)18-10-16(11-21)7-3-4-8-16/h1-2,5-6,21H,3-4,7-8,10-11H2,(H,18,19). The summed E-state index contributed by atoms with van der Waals surface area (Å²) >= 11 is 0. The monoisotopic (exact) mass is 282 g/mol. The van der Waals surface area contributed by atoms with Crippen molar-refractivity contribution in [1.29, 1.82) is 5.26 Å². The number of benzene rings is 1. The van der Waals surface area contributed by atoms with Gasteiger partial charge in [0.15, 0.2) is 5.69 Å². The predicted molar refractivity (Wildman–Crippen MR) is 80.7 cm³/mol. The quantitative estimate of drug-likeness (QED) is 0.900. The van der Waals surface area contributed by atoms with Crippen LogP contribution < -0.4 is 5.32 Å². The van der Waals surface area contributed by atoms with Crippen molar-refractivity contribution in [2.45, 2.75) is 25.7 Å². The van der Waals surface area contributed by atoms with Crippen LogP contribution in [-0.2, 0) is 0 Å². The molecule has 0 bridgehead atoms. The summed E-state index contributed by atoms with van der Waals surface area (Å²) in [6, 6.07) is 9.74. The van der Waals surface area contributed by atoms with E-state index in [1.54, 1.807) is 0 Å². The highest BCUT2D eigenvalue weighted by Gasteiger charge is 2.33. The molecule has 21 heavy (non-hydrogen) atoms. The lowest BCUT2D eigenvalue weighted by Crippen LogP contribution is -2.30. The summed E-state index contributed by atoms with van der Waals surface area (Å²) in [5, 5.41) is 31.3. The van der Waals surface area contributed by atoms with E-state index < -0.39 is 0 Å². The van der Waals surface area contributed by atoms with Gasteiger partial charge >= 0.3 is 0 Å². The van der Waals surface area contributed by atoms with Crippen LogP contribution in [0.5, 0.6) is 0 Å². The molecule has 5 nitrogen and oxygen atoms in total. The molecule has 3 rings (SSSR count). The fourth-order valence-corrected chi connectivity index (χ4v) is 3.10. The average molecular weight is 282 g/mol. The molecule has 0 amide bonds. The Labute approximate surface area is 123 Å². The summed E-state index contributed by atoms with van der Waals surface area (Å²) in [5.41, 5.74) is 1.72. The van der Waals surface area contributed by atoms with Crippen LogP contribution in [0.2, 0.25) is 0 Å². The topological polar surface area (TPSA) is 81.8 Å². The van der Waals surface area contributed by atoms with Crippen molar-refractivity contribution < 1.29 is 5.11 Å². The van der Waals surface area contributed by atoms with Gasteiger partial charge in [-0.05, 0) is 18.9 Å². The Morgan fingerprint density at radius 3 is 2.71 bits per heavy atom. The van der Waals surface area contributed by atoms with Gasteiger partial charge in [-0.1, -0.05) is 31.0 Å². The summed E-state index contributed by atoms with van der Waals surface area (Å²) < 4.78 is 0. The Bertz CT molecular complexity index is 686. The maximum absolute atomic E-state index is 9.70. The van der Waals surface area contributed by atoms with Gasteiger partial charge in [0.25, 0.3) is 0 Å². The Hall–Kier alpha value is -2.19. The van der Waals surface area contributed by atoms with Crippen LogP contribution in [-0.4, -0.2) is 28.5 Å². The first kappa shape index (κ1) is 13.8. The van der Waals surface area contributed by atoms with Crippen molar-refractivity contribution in [2.24, 2.45) is 5.41 Å². The van der Waals surface area contributed by atoms with E-state index in [2.05, 4.69) is 21.6 Å². The second-order valence-electron chi connectivity index (χ2n) is 5.77. The molecule has 108 valence electrons. The average Bonchev–Trinajstić information content (AvgIpc) is 3.02. The number of fused-ring (bicyclic) bond motifs is 1. The molecule has 1 saturated carbocycles. The molecule has 1 aromatic carbocycles. The smallest absolute Gasteiger partial charge is 0.186 e. The second kappa shape index (κ2) is 5.66. The van der Waals surface area contributed by atoms with Crippen LogP contribution in [0.25, 0.3) is 10.9 Å². The normalized spacial score (nSPS) is 16.8. The summed E-state index contributed by atoms with van der Waals surface area (Å²) in [6.45, 7) is 0.839. The van der Waals surface area contributed by atoms with E-state index in [9.17, 15) is 10.4 Å². The van der Waals surface area contributed by atoms with E-state index in [1.807, 2.05) is 24.3 Å². The van der Waals surface area contributed by atoms with Gasteiger partial charge in [0, 0.05) is 17.3 Å². The Kier molecular flexibility index (Phi) is 3.72. The molecule has 0 atom stereocenters. The molecule has 0 spiro atoms. The van der Waals surface area contributed by atoms with Gasteiger partial charge in [0.2, 0.25) is 0 Å². The molecular weight excluding hydrogens is 264 g/mol. The molecule has 2 N–H and O–H groups in total. The minimum Gasteiger partial charge on any atom is -0.396 e. The summed E-state index contributed by atoms with van der Waals surface area (Å²) in [4.78, 5) is 0. The highest BCUT2D eigenvalue weighted by atomic mass is 16.3. The minimum absolute atomic E-state index is 0.0723. The lowest BCUT2D eigenvalue weighted by atomic mass is 9.87. The molecule has 1 heterocycles. The van der Waals surface area contributed by atoms with Crippen molar-refractivity contribution in [2.75, 3.05) is 18.5 Å². The van der Waals surface area contributed by atoms with Crippen LogP contribution in [0.4, 0.5) is 5.69 Å². The van der Waals surface area contributed by atoms with Crippen LogP contribution in [0.1, 0.15) is 31.4 Å². The largest absolute Gasteiger partial charge is 0.396 e. The van der Waals surface area contributed by atoms with Gasteiger partial charge in [-0.3, -0.25) is 0 Å². The van der Waals surface area contributed by atoms with Crippen LogP contribution in [0.3, 0.4) is 0 Å². The molecule has 2 aromatic rings. The molecular formula is C16H18N4O. The molecule has 0 radical (unpaired) electrons. The van der Waals surface area contributed by atoms with E-state index in [-0.39, 0.29) is 12.0 Å². The molecule has 5 heteroatoms. The highest BCUT2D eigenvalue weighted by Crippen LogP contribution is 2.38. The van der Waals surface area contributed by atoms with Gasteiger partial charge in [0.05, 0.1) is 17.8 Å². The summed E-state index contributed by atoms with van der Waals surface area (Å²) in [6.07, 6.45) is 4.36. The zero-order valence-electron chi connectivity index (χ0n) is 11.8. The number of aliphatic hydroxyl groups is 1. The first-order valence-corrected chi connectivity index (χ1v) is 7.28. The van der Waals surface area contributed by atoms with Crippen molar-refractivity contribution >= 4 is 16.6 Å². The Morgan fingerprint density at radius 1 is 1.24 bits per heavy atom. The predicted octanol–water partition coefficient (Wildman–Crippen LogP) is 2.47. The maximum Gasteiger partial charge on any atom is 0.186 e. The summed E-state index contributed by atoms with van der Waals surface area (Å²) in [7, 11) is 0. The molecule has 0 unspecified atom stereocenters. The third kappa shape index (κ3) is 2.55. The number of aliphatic hydroxyl groups excluding tert-OH is 1. The molecule has 1 aliphatic carbocycles. The number of rotatable bonds is 4. The lowest BCUT2D eigenvalue weighted by molar-refractivity contribution is 0.142. The van der Waals surface area contributed by atoms with Gasteiger partial charge < -0.3 is 10.4 Å². The van der Waals surface area contributed by atoms with Gasteiger partial charge in [-0.25, -0.2) is 0 Å². The van der Waals surface area contributed by atoms with E-state index in [0.717, 1.165) is 42.3 Å². The number of aromatic nitrogens is 2. The number of hydrogen-bond acceptors (Lipinski definition) is 5. The third-order valence-corrected chi connectivity index (χ3v) is 4.41. The fourth-order valence-electron chi connectivity index (χ4n) is 3.10. The van der Waals surface area contributed by atoms with Crippen LogP contribution >= 0.6 is 0 Å². The third-order valence-electron chi connectivity index (χ3n) is 4.41. The number of nitrogens with zero attached hydrogens (tertiary/aromatic N) is 3. The molecule has 1 aliphatic rings. The Morgan fingerprint density at radius 2 is 2.00 bits per heavy atom. The zero-order valence-corrected chi connectivity index (χ0v) is 11.8. The zero-order chi connectivity index (χ0) is 14.7. The van der Waals surface area contributed by atoms with E-state index in [0.29, 0.717) is 12.2 Å². The second-order valence-corrected chi connectivity index (χ2v) is 5.77. The van der Waals surface area contributed by atoms with Gasteiger partial charge in [-0.15, -0.1) is 10.2 Å². The van der Waals surface area contributed by atoms with Gasteiger partial charge in [0.1, 0.15) is 6.07 Å². The van der Waals surface area contributed by atoms with Crippen molar-refractivity contribution in [3.8, 4) is 6.07 Å². The van der Waals surface area contributed by atoms with Crippen LogP contribution in [0.15, 0.2) is 24.3 Å². The van der Waals surface area contributed by atoms with Gasteiger partial charge in [-0.2, -0.15) is 5.26 Å². The van der Waals surface area contributed by atoms with E-state index in [1.165, 1.54) is 0 Å². The van der Waals surface area contributed by atoms with Crippen molar-refractivity contribution in [3.63, 3.8) is 0 Å². The number of hydrogen-bond donors (Lipinski definition) is 2. The van der Waals surface area contributed by atoms with Crippen molar-refractivity contribution in [3.05, 3.63) is 30.0 Å². The number of anilines is 1. The fraction of sp³-hybridized carbons (Fsp3) is 0.438. The Balaban J connectivity index is 1.94. The molecule has 0 aliphatic heterocycles. The van der Waals surface area contributed by atoms with Crippen molar-refractivity contribution in [1.82, 2.24) is 10.2 Å². The SMILES string of the molecule is N#Cc1nnc2ccccc2c1NCC1(CO)CCCC1. The van der Waals surface area contributed by atoms with Crippen LogP contribution in [0, 0.1) is 16.7 Å². The molecule has 1 fully saturated rings.